The molecule has 0 aliphatic carbocycles. The molecule has 0 spiro atoms. The van der Waals surface area contributed by atoms with Crippen molar-refractivity contribution in [3.8, 4) is 0 Å². The van der Waals surface area contributed by atoms with Crippen LogP contribution in [0.1, 0.15) is 40.5 Å². The molecule has 1 amide bonds. The lowest BCUT2D eigenvalue weighted by Crippen LogP contribution is -2.48. The Morgan fingerprint density at radius 2 is 1.43 bits per heavy atom. The molecule has 1 atom stereocenters. The Bertz CT molecular complexity index is 758. The summed E-state index contributed by atoms with van der Waals surface area (Å²) < 4.78 is 10.0. The monoisotopic (exact) mass is 426 g/mol. The second-order valence-corrected chi connectivity index (χ2v) is 6.41. The zero-order valence-electron chi connectivity index (χ0n) is 17.2. The van der Waals surface area contributed by atoms with Gasteiger partial charge >= 0.3 is 23.9 Å². The lowest BCUT2D eigenvalue weighted by molar-refractivity contribution is -0.144. The summed E-state index contributed by atoms with van der Waals surface area (Å²) in [5.41, 5.74) is 0.198. The highest BCUT2D eigenvalue weighted by Gasteiger charge is 2.42. The van der Waals surface area contributed by atoms with Gasteiger partial charge in [-0.1, -0.05) is 0 Å². The van der Waals surface area contributed by atoms with E-state index in [9.17, 15) is 29.1 Å². The quantitative estimate of drug-likeness (QED) is 0.357. The number of hydrogen-bond donors (Lipinski definition) is 4. The first-order valence-corrected chi connectivity index (χ1v) is 9.32. The first-order chi connectivity index (χ1) is 14.0. The molecule has 0 aromatic rings. The normalized spacial score (nSPS) is 15.2. The molecule has 1 aliphatic heterocycles. The maximum absolute atomic E-state index is 13.1. The summed E-state index contributed by atoms with van der Waals surface area (Å²) in [4.78, 5) is 60.3. The van der Waals surface area contributed by atoms with Crippen LogP contribution in [0.25, 0.3) is 0 Å². The number of aliphatic carboxylic acids is 2. The van der Waals surface area contributed by atoms with Crippen LogP contribution >= 0.6 is 0 Å². The Labute approximate surface area is 173 Å². The maximum Gasteiger partial charge on any atom is 0.336 e. The lowest BCUT2D eigenvalue weighted by atomic mass is 9.84. The smallest absolute Gasteiger partial charge is 0.336 e. The SMILES string of the molecule is CCOC(=O)C1=C(C)NC(C)=C(C(=O)OCC)C1C(=O)N[C@@H](CCC(=O)O)C(=O)O. The van der Waals surface area contributed by atoms with Crippen LogP contribution < -0.4 is 10.6 Å². The molecule has 0 bridgehead atoms. The van der Waals surface area contributed by atoms with Crippen molar-refractivity contribution in [3.05, 3.63) is 22.5 Å². The van der Waals surface area contributed by atoms with E-state index in [4.69, 9.17) is 14.6 Å². The standard InChI is InChI=1S/C19H26N2O9/c1-5-29-18(27)13-9(3)20-10(4)14(19(28)30-6-2)15(13)16(24)21-11(17(25)26)7-8-12(22)23/h11,15,20H,5-8H2,1-4H3,(H,21,24)(H,22,23)(H,25,26)/t11-/m0/s1. The summed E-state index contributed by atoms with van der Waals surface area (Å²) in [5, 5.41) is 23.2. The first-order valence-electron chi connectivity index (χ1n) is 9.32. The number of carboxylic acid groups (broad SMARTS) is 2. The Morgan fingerprint density at radius 1 is 0.967 bits per heavy atom. The number of esters is 2. The molecule has 11 nitrogen and oxygen atoms in total. The van der Waals surface area contributed by atoms with E-state index in [0.717, 1.165) is 0 Å². The molecule has 0 aromatic carbocycles. The number of hydrogen-bond acceptors (Lipinski definition) is 8. The van der Waals surface area contributed by atoms with Crippen LogP contribution in [-0.2, 0) is 33.4 Å². The largest absolute Gasteiger partial charge is 0.481 e. The second-order valence-electron chi connectivity index (χ2n) is 6.41. The number of amides is 1. The van der Waals surface area contributed by atoms with E-state index < -0.39 is 48.2 Å². The van der Waals surface area contributed by atoms with Crippen LogP contribution in [-0.4, -0.2) is 59.3 Å². The second kappa shape index (κ2) is 11.0. The van der Waals surface area contributed by atoms with Crippen LogP contribution in [0.15, 0.2) is 22.5 Å². The predicted molar refractivity (Wildman–Crippen MR) is 102 cm³/mol. The molecule has 4 N–H and O–H groups in total. The van der Waals surface area contributed by atoms with Crippen molar-refractivity contribution >= 4 is 29.8 Å². The molecule has 0 fully saturated rings. The van der Waals surface area contributed by atoms with Gasteiger partial charge < -0.3 is 30.3 Å². The van der Waals surface area contributed by atoms with Gasteiger partial charge in [-0.2, -0.15) is 0 Å². The van der Waals surface area contributed by atoms with Gasteiger partial charge in [0.25, 0.3) is 0 Å². The van der Waals surface area contributed by atoms with Crippen molar-refractivity contribution < 1.29 is 43.7 Å². The van der Waals surface area contributed by atoms with E-state index in [1.54, 1.807) is 13.8 Å². The van der Waals surface area contributed by atoms with Crippen LogP contribution in [0.5, 0.6) is 0 Å². The summed E-state index contributed by atoms with van der Waals surface area (Å²) in [7, 11) is 0. The molecular formula is C19H26N2O9. The first kappa shape index (κ1) is 24.7. The highest BCUT2D eigenvalue weighted by atomic mass is 16.5. The molecule has 1 rings (SSSR count). The third-order valence-electron chi connectivity index (χ3n) is 4.27. The Balaban J connectivity index is 3.39. The molecule has 0 aromatic heterocycles. The zero-order valence-corrected chi connectivity index (χ0v) is 17.2. The van der Waals surface area contributed by atoms with Gasteiger partial charge in [-0.05, 0) is 34.1 Å². The van der Waals surface area contributed by atoms with Crippen molar-refractivity contribution in [1.82, 2.24) is 10.6 Å². The van der Waals surface area contributed by atoms with E-state index in [1.807, 2.05) is 0 Å². The molecule has 0 radical (unpaired) electrons. The van der Waals surface area contributed by atoms with Gasteiger partial charge in [-0.15, -0.1) is 0 Å². The zero-order chi connectivity index (χ0) is 23.0. The summed E-state index contributed by atoms with van der Waals surface area (Å²) >= 11 is 0. The molecular weight excluding hydrogens is 400 g/mol. The molecule has 30 heavy (non-hydrogen) atoms. The van der Waals surface area contributed by atoms with Gasteiger partial charge in [-0.3, -0.25) is 9.59 Å². The third-order valence-corrected chi connectivity index (χ3v) is 4.27. The number of rotatable bonds is 10. The maximum atomic E-state index is 13.1. The highest BCUT2D eigenvalue weighted by molar-refractivity contribution is 6.07. The van der Waals surface area contributed by atoms with Crippen molar-refractivity contribution in [2.45, 2.75) is 46.6 Å². The predicted octanol–water partition coefficient (Wildman–Crippen LogP) is 0.314. The summed E-state index contributed by atoms with van der Waals surface area (Å²) in [6.45, 7) is 6.18. The van der Waals surface area contributed by atoms with Gasteiger partial charge in [0, 0.05) is 17.8 Å². The van der Waals surface area contributed by atoms with Crippen LogP contribution in [0.2, 0.25) is 0 Å². The number of nitrogens with one attached hydrogen (secondary N) is 2. The van der Waals surface area contributed by atoms with Crippen molar-refractivity contribution in [2.24, 2.45) is 5.92 Å². The van der Waals surface area contributed by atoms with E-state index in [2.05, 4.69) is 10.6 Å². The summed E-state index contributed by atoms with van der Waals surface area (Å²) in [6, 6.07) is -1.53. The molecule has 0 saturated carbocycles. The fourth-order valence-electron chi connectivity index (χ4n) is 3.00. The van der Waals surface area contributed by atoms with Crippen molar-refractivity contribution in [2.75, 3.05) is 13.2 Å². The fraction of sp³-hybridized carbons (Fsp3) is 0.526. The minimum atomic E-state index is -1.53. The van der Waals surface area contributed by atoms with Gasteiger partial charge in [-0.25, -0.2) is 14.4 Å². The third kappa shape index (κ3) is 6.06. The number of carboxylic acids is 2. The summed E-state index contributed by atoms with van der Waals surface area (Å²) in [6.07, 6.45) is -0.876. The van der Waals surface area contributed by atoms with Crippen LogP contribution in [0.3, 0.4) is 0 Å². The van der Waals surface area contributed by atoms with Gasteiger partial charge in [0.2, 0.25) is 5.91 Å². The van der Waals surface area contributed by atoms with Crippen LogP contribution in [0.4, 0.5) is 0 Å². The molecule has 1 heterocycles. The minimum absolute atomic E-state index is 0.0117. The topological polar surface area (TPSA) is 168 Å². The Hall–Kier alpha value is -3.37. The number of allylic oxidation sites excluding steroid dienone is 2. The number of carbonyl (C=O) groups is 5. The average Bonchev–Trinajstić information content (AvgIpc) is 2.63. The Morgan fingerprint density at radius 3 is 1.80 bits per heavy atom. The molecule has 0 saturated heterocycles. The number of carbonyl (C=O) groups excluding carboxylic acids is 3. The molecule has 11 heteroatoms. The van der Waals surface area contributed by atoms with E-state index in [1.165, 1.54) is 13.8 Å². The van der Waals surface area contributed by atoms with Gasteiger partial charge in [0.05, 0.1) is 24.4 Å². The Kier molecular flexibility index (Phi) is 9.03. The molecule has 0 unspecified atom stereocenters. The molecule has 1 aliphatic rings. The number of dihydropyridines is 1. The van der Waals surface area contributed by atoms with Crippen molar-refractivity contribution in [1.29, 1.82) is 0 Å². The molecule has 166 valence electrons. The average molecular weight is 426 g/mol. The van der Waals surface area contributed by atoms with Crippen LogP contribution in [0, 0.1) is 5.92 Å². The van der Waals surface area contributed by atoms with Gasteiger partial charge in [0.1, 0.15) is 12.0 Å². The van der Waals surface area contributed by atoms with E-state index >= 15 is 0 Å². The highest BCUT2D eigenvalue weighted by Crippen LogP contribution is 2.32. The van der Waals surface area contributed by atoms with Gasteiger partial charge in [0.15, 0.2) is 0 Å². The fourth-order valence-corrected chi connectivity index (χ4v) is 3.00. The van der Waals surface area contributed by atoms with Crippen molar-refractivity contribution in [3.63, 3.8) is 0 Å². The minimum Gasteiger partial charge on any atom is -0.481 e. The lowest BCUT2D eigenvalue weighted by Gasteiger charge is -2.30. The van der Waals surface area contributed by atoms with E-state index in [-0.39, 0.29) is 42.2 Å². The van der Waals surface area contributed by atoms with E-state index in [0.29, 0.717) is 0 Å². The summed E-state index contributed by atoms with van der Waals surface area (Å²) in [5.74, 6) is -6.84. The number of ether oxygens (including phenoxy) is 2.